The highest BCUT2D eigenvalue weighted by molar-refractivity contribution is 14.1. The van der Waals surface area contributed by atoms with Gasteiger partial charge in [-0.1, -0.05) is 0 Å². The summed E-state index contributed by atoms with van der Waals surface area (Å²) in [6.07, 6.45) is 0. The highest BCUT2D eigenvalue weighted by Crippen LogP contribution is 2.45. The molecule has 114 valence electrons. The van der Waals surface area contributed by atoms with Gasteiger partial charge in [0.05, 0.1) is 10.6 Å². The average molecular weight is 391 g/mol. The minimum atomic E-state index is -0.0599. The van der Waals surface area contributed by atoms with Gasteiger partial charge >= 0.3 is 0 Å². The van der Waals surface area contributed by atoms with Crippen molar-refractivity contribution in [2.45, 2.75) is 85.0 Å². The summed E-state index contributed by atoms with van der Waals surface area (Å²) in [5.41, 5.74) is -0.0436. The predicted molar refractivity (Wildman–Crippen MR) is 90.0 cm³/mol. The maximum atomic E-state index is 4.68. The largest absolute Gasteiger partial charge is 0.277 e. The molecule has 1 aliphatic heterocycles. The fourth-order valence-electron chi connectivity index (χ4n) is 4.29. The lowest BCUT2D eigenvalue weighted by molar-refractivity contribution is -0.795. The molecule has 0 atom stereocenters. The molecule has 1 aromatic rings. The van der Waals surface area contributed by atoms with Crippen LogP contribution in [-0.2, 0) is 11.1 Å². The van der Waals surface area contributed by atoms with E-state index in [2.05, 4.69) is 99.7 Å². The Labute approximate surface area is 137 Å². The molecule has 1 aromatic heterocycles. The van der Waals surface area contributed by atoms with Crippen LogP contribution in [0, 0.1) is 6.92 Å². The maximum Gasteiger partial charge on any atom is 0.276 e. The van der Waals surface area contributed by atoms with Crippen LogP contribution < -0.4 is 4.57 Å². The Hall–Kier alpha value is -0.170. The molecular weight excluding hydrogens is 363 g/mol. The monoisotopic (exact) mass is 391 g/mol. The molecule has 2 heterocycles. The van der Waals surface area contributed by atoms with Crippen molar-refractivity contribution >= 4 is 22.9 Å². The van der Waals surface area contributed by atoms with Gasteiger partial charge in [0.15, 0.2) is 0 Å². The molecule has 2 rings (SSSR count). The molecule has 0 N–H and O–H groups in total. The van der Waals surface area contributed by atoms with Crippen molar-refractivity contribution in [1.82, 2.24) is 12.9 Å². The van der Waals surface area contributed by atoms with Crippen LogP contribution in [0.1, 0.15) is 67.0 Å². The van der Waals surface area contributed by atoms with Crippen LogP contribution in [0.2, 0.25) is 0 Å². The fourth-order valence-corrected chi connectivity index (χ4v) is 5.41. The second-order valence-electron chi connectivity index (χ2n) is 7.71. The standard InChI is InChI=1S/C15H28IN4/c1-10(2)19-13(4,5)12-18(11(3)17-20(12)16)14(6,7)15(19,8)9/h10H,1-9H3/q+1. The molecule has 0 aliphatic carbocycles. The van der Waals surface area contributed by atoms with Gasteiger partial charge in [0.25, 0.3) is 11.6 Å². The number of aryl methyl sites for hydroxylation is 1. The number of aromatic nitrogens is 3. The van der Waals surface area contributed by atoms with Crippen LogP contribution in [0.3, 0.4) is 0 Å². The number of hydrogen-bond donors (Lipinski definition) is 0. The van der Waals surface area contributed by atoms with Gasteiger partial charge in [0.2, 0.25) is 22.9 Å². The molecule has 0 spiro atoms. The zero-order valence-corrected chi connectivity index (χ0v) is 16.4. The minimum absolute atomic E-state index is 0.0182. The first-order valence-corrected chi connectivity index (χ1v) is 8.31. The van der Waals surface area contributed by atoms with E-state index in [9.17, 15) is 0 Å². The molecule has 0 radical (unpaired) electrons. The first-order valence-electron chi connectivity index (χ1n) is 7.35. The SMILES string of the molecule is Cc1nn(I)c2[n+]1C(C)(C)C(C)(C)N(C(C)C)C2(C)C. The molecule has 0 unspecified atom stereocenters. The Morgan fingerprint density at radius 2 is 1.60 bits per heavy atom. The normalized spacial score (nSPS) is 23.9. The summed E-state index contributed by atoms with van der Waals surface area (Å²) < 4.78 is 4.46. The number of nitrogens with zero attached hydrogens (tertiary/aromatic N) is 4. The van der Waals surface area contributed by atoms with E-state index in [4.69, 9.17) is 0 Å². The summed E-state index contributed by atoms with van der Waals surface area (Å²) in [5.74, 6) is 2.36. The predicted octanol–water partition coefficient (Wildman–Crippen LogP) is 3.15. The third-order valence-electron chi connectivity index (χ3n) is 5.27. The molecule has 1 aliphatic rings. The van der Waals surface area contributed by atoms with E-state index in [1.165, 1.54) is 5.82 Å². The van der Waals surface area contributed by atoms with Gasteiger partial charge in [0.1, 0.15) is 11.1 Å². The highest BCUT2D eigenvalue weighted by atomic mass is 127. The third kappa shape index (κ3) is 1.81. The van der Waals surface area contributed by atoms with Crippen LogP contribution in [0.4, 0.5) is 0 Å². The molecule has 0 aromatic carbocycles. The topological polar surface area (TPSA) is 24.9 Å². The lowest BCUT2D eigenvalue weighted by Gasteiger charge is -2.59. The van der Waals surface area contributed by atoms with Crippen molar-refractivity contribution in [2.24, 2.45) is 0 Å². The Kier molecular flexibility index (Phi) is 3.58. The Morgan fingerprint density at radius 3 is 2.05 bits per heavy atom. The summed E-state index contributed by atoms with van der Waals surface area (Å²) in [6, 6.07) is 0.472. The Morgan fingerprint density at radius 1 is 1.10 bits per heavy atom. The van der Waals surface area contributed by atoms with Crippen molar-refractivity contribution in [3.8, 4) is 0 Å². The van der Waals surface area contributed by atoms with Gasteiger partial charge in [-0.05, 0) is 58.3 Å². The zero-order chi connectivity index (χ0) is 15.7. The smallest absolute Gasteiger partial charge is 0.276 e. The summed E-state index contributed by atoms with van der Waals surface area (Å²) in [7, 11) is 0. The van der Waals surface area contributed by atoms with E-state index in [0.29, 0.717) is 6.04 Å². The van der Waals surface area contributed by atoms with Gasteiger partial charge in [-0.3, -0.25) is 4.90 Å². The van der Waals surface area contributed by atoms with Crippen LogP contribution >= 0.6 is 22.9 Å². The average Bonchev–Trinajstić information content (AvgIpc) is 2.50. The first kappa shape index (κ1) is 16.2. The molecule has 20 heavy (non-hydrogen) atoms. The second kappa shape index (κ2) is 4.41. The second-order valence-corrected chi connectivity index (χ2v) is 8.62. The summed E-state index contributed by atoms with van der Waals surface area (Å²) in [6.45, 7) is 20.7. The van der Waals surface area contributed by atoms with Gasteiger partial charge in [0, 0.05) is 13.0 Å². The number of rotatable bonds is 1. The molecule has 4 nitrogen and oxygen atoms in total. The van der Waals surface area contributed by atoms with Crippen LogP contribution in [0.5, 0.6) is 0 Å². The molecule has 0 saturated heterocycles. The lowest BCUT2D eigenvalue weighted by atomic mass is 9.73. The van der Waals surface area contributed by atoms with E-state index in [1.807, 2.05) is 2.90 Å². The number of hydrogen-bond acceptors (Lipinski definition) is 2. The Bertz CT molecular complexity index is 540. The van der Waals surface area contributed by atoms with Gasteiger partial charge in [-0.25, -0.2) is 4.57 Å². The minimum Gasteiger partial charge on any atom is -0.277 e. The van der Waals surface area contributed by atoms with Gasteiger partial charge in [-0.15, -0.1) is 0 Å². The van der Waals surface area contributed by atoms with Crippen LogP contribution in [0.15, 0.2) is 0 Å². The fraction of sp³-hybridized carbons (Fsp3) is 0.867. The quantitative estimate of drug-likeness (QED) is 0.543. The molecule has 0 amide bonds. The molecule has 5 heteroatoms. The van der Waals surface area contributed by atoms with E-state index >= 15 is 0 Å². The third-order valence-corrected chi connectivity index (χ3v) is 5.94. The van der Waals surface area contributed by atoms with Crippen LogP contribution in [-0.4, -0.2) is 24.5 Å². The summed E-state index contributed by atoms with van der Waals surface area (Å²) >= 11 is 2.31. The van der Waals surface area contributed by atoms with Crippen molar-refractivity contribution in [3.63, 3.8) is 0 Å². The molecule has 0 bridgehead atoms. The number of fused-ring (bicyclic) bond motifs is 1. The highest BCUT2D eigenvalue weighted by Gasteiger charge is 2.61. The Balaban J connectivity index is 2.87. The summed E-state index contributed by atoms with van der Waals surface area (Å²) in [5, 5.41) is 4.68. The lowest BCUT2D eigenvalue weighted by Crippen LogP contribution is -2.80. The maximum absolute atomic E-state index is 4.68. The van der Waals surface area contributed by atoms with Crippen molar-refractivity contribution < 1.29 is 4.57 Å². The van der Waals surface area contributed by atoms with Crippen molar-refractivity contribution in [3.05, 3.63) is 11.6 Å². The van der Waals surface area contributed by atoms with Gasteiger partial charge in [-0.2, -0.15) is 0 Å². The van der Waals surface area contributed by atoms with E-state index in [0.717, 1.165) is 5.82 Å². The van der Waals surface area contributed by atoms with E-state index < -0.39 is 0 Å². The van der Waals surface area contributed by atoms with E-state index in [-0.39, 0.29) is 16.6 Å². The van der Waals surface area contributed by atoms with Gasteiger partial charge < -0.3 is 0 Å². The molecule has 0 fully saturated rings. The first-order chi connectivity index (χ1) is 8.86. The zero-order valence-electron chi connectivity index (χ0n) is 14.2. The summed E-state index contributed by atoms with van der Waals surface area (Å²) in [4.78, 5) is 2.63. The van der Waals surface area contributed by atoms with E-state index in [1.54, 1.807) is 0 Å². The molecular formula is C15H28IN4+. The number of halogens is 1. The van der Waals surface area contributed by atoms with Crippen molar-refractivity contribution in [2.75, 3.05) is 0 Å². The molecule has 0 saturated carbocycles. The van der Waals surface area contributed by atoms with Crippen molar-refractivity contribution in [1.29, 1.82) is 0 Å². The van der Waals surface area contributed by atoms with Crippen LogP contribution in [0.25, 0.3) is 0 Å².